The van der Waals surface area contributed by atoms with Crippen molar-refractivity contribution in [2.75, 3.05) is 21.1 Å². The van der Waals surface area contributed by atoms with Gasteiger partial charge in [-0.05, 0) is 24.3 Å². The summed E-state index contributed by atoms with van der Waals surface area (Å²) in [6.07, 6.45) is 7.68. The Kier molecular flexibility index (Phi) is 3.25. The number of hydrazone groups is 2. The molecule has 0 aliphatic heterocycles. The van der Waals surface area contributed by atoms with E-state index in [1.807, 2.05) is 38.4 Å². The third-order valence-corrected chi connectivity index (χ3v) is 1.41. The fourth-order valence-corrected chi connectivity index (χ4v) is 0.954. The summed E-state index contributed by atoms with van der Waals surface area (Å²) in [6, 6.07) is 0. The summed E-state index contributed by atoms with van der Waals surface area (Å²) in [4.78, 5) is 0. The first kappa shape index (κ1) is 9.51. The molecule has 4 heteroatoms. The molecule has 1 aliphatic carbocycles. The van der Waals surface area contributed by atoms with Gasteiger partial charge in [0.15, 0.2) is 0 Å². The molecule has 0 heterocycles. The van der Waals surface area contributed by atoms with E-state index in [-0.39, 0.29) is 0 Å². The van der Waals surface area contributed by atoms with E-state index in [9.17, 15) is 0 Å². The number of allylic oxidation sites excluding steroid dienone is 4. The molecule has 0 saturated carbocycles. The van der Waals surface area contributed by atoms with Crippen molar-refractivity contribution in [3.8, 4) is 0 Å². The van der Waals surface area contributed by atoms with Gasteiger partial charge in [0.25, 0.3) is 0 Å². The molecule has 1 N–H and O–H groups in total. The van der Waals surface area contributed by atoms with Crippen molar-refractivity contribution >= 4 is 11.4 Å². The average molecular weight is 178 g/mol. The number of hydrogen-bond acceptors (Lipinski definition) is 4. The summed E-state index contributed by atoms with van der Waals surface area (Å²) in [6.45, 7) is 0. The molecule has 70 valence electrons. The Bertz CT molecular complexity index is 266. The van der Waals surface area contributed by atoms with Crippen molar-refractivity contribution in [1.82, 2.24) is 10.4 Å². The molecule has 0 spiro atoms. The second-order valence-corrected chi connectivity index (χ2v) is 2.80. The number of rotatable bonds is 2. The first-order valence-corrected chi connectivity index (χ1v) is 4.09. The lowest BCUT2D eigenvalue weighted by molar-refractivity contribution is 0.439. The van der Waals surface area contributed by atoms with Crippen LogP contribution in [0.4, 0.5) is 0 Å². The molecular weight excluding hydrogens is 164 g/mol. The van der Waals surface area contributed by atoms with Gasteiger partial charge >= 0.3 is 0 Å². The van der Waals surface area contributed by atoms with Crippen LogP contribution in [0.3, 0.4) is 0 Å². The van der Waals surface area contributed by atoms with Crippen molar-refractivity contribution in [3.63, 3.8) is 0 Å². The minimum absolute atomic E-state index is 0.903. The summed E-state index contributed by atoms with van der Waals surface area (Å²) < 4.78 is 0. The highest BCUT2D eigenvalue weighted by atomic mass is 15.4. The van der Waals surface area contributed by atoms with Gasteiger partial charge in [-0.15, -0.1) is 0 Å². The number of nitrogens with zero attached hydrogens (tertiary/aromatic N) is 3. The maximum Gasteiger partial charge on any atom is 0.0833 e. The first-order valence-electron chi connectivity index (χ1n) is 4.09. The minimum Gasteiger partial charge on any atom is -0.313 e. The largest absolute Gasteiger partial charge is 0.313 e. The van der Waals surface area contributed by atoms with Gasteiger partial charge in [-0.25, -0.2) is 0 Å². The molecule has 0 saturated heterocycles. The van der Waals surface area contributed by atoms with Gasteiger partial charge < -0.3 is 10.4 Å². The SMILES string of the molecule is CNN=C1C=CC(=NN(C)C)C=C1. The molecule has 0 amide bonds. The van der Waals surface area contributed by atoms with E-state index in [4.69, 9.17) is 0 Å². The van der Waals surface area contributed by atoms with Crippen LogP contribution >= 0.6 is 0 Å². The Balaban J connectivity index is 2.69. The Morgan fingerprint density at radius 1 is 1.08 bits per heavy atom. The highest BCUT2D eigenvalue weighted by Crippen LogP contribution is 1.97. The zero-order valence-electron chi connectivity index (χ0n) is 8.15. The summed E-state index contributed by atoms with van der Waals surface area (Å²) in [5.74, 6) is 0. The summed E-state index contributed by atoms with van der Waals surface area (Å²) in [7, 11) is 5.57. The van der Waals surface area contributed by atoms with Crippen molar-refractivity contribution in [1.29, 1.82) is 0 Å². The molecule has 1 aliphatic rings. The van der Waals surface area contributed by atoms with E-state index in [1.54, 1.807) is 12.1 Å². The third kappa shape index (κ3) is 3.11. The smallest absolute Gasteiger partial charge is 0.0833 e. The zero-order chi connectivity index (χ0) is 9.68. The van der Waals surface area contributed by atoms with E-state index >= 15 is 0 Å². The van der Waals surface area contributed by atoms with E-state index in [1.165, 1.54) is 0 Å². The quantitative estimate of drug-likeness (QED) is 0.497. The van der Waals surface area contributed by atoms with Gasteiger partial charge in [0.1, 0.15) is 0 Å². The lowest BCUT2D eigenvalue weighted by Gasteiger charge is -2.07. The first-order chi connectivity index (χ1) is 6.22. The molecule has 0 unspecified atom stereocenters. The van der Waals surface area contributed by atoms with E-state index < -0.39 is 0 Å². The van der Waals surface area contributed by atoms with E-state index in [0.717, 1.165) is 11.4 Å². The third-order valence-electron chi connectivity index (χ3n) is 1.41. The number of nitrogens with one attached hydrogen (secondary N) is 1. The van der Waals surface area contributed by atoms with Crippen LogP contribution < -0.4 is 5.43 Å². The van der Waals surface area contributed by atoms with Gasteiger partial charge in [0.05, 0.1) is 11.4 Å². The van der Waals surface area contributed by atoms with Crippen LogP contribution in [0.5, 0.6) is 0 Å². The van der Waals surface area contributed by atoms with Crippen LogP contribution in [0.1, 0.15) is 0 Å². The van der Waals surface area contributed by atoms with Crippen LogP contribution in [0, 0.1) is 0 Å². The standard InChI is InChI=1S/C9H14N4/c1-10-11-8-4-6-9(7-5-8)12-13(2)3/h4-7,10H,1-3H3. The maximum atomic E-state index is 4.23. The van der Waals surface area contributed by atoms with Crippen molar-refractivity contribution in [3.05, 3.63) is 24.3 Å². The minimum atomic E-state index is 0.903. The van der Waals surface area contributed by atoms with Gasteiger partial charge in [-0.2, -0.15) is 10.2 Å². The van der Waals surface area contributed by atoms with Crippen LogP contribution in [-0.4, -0.2) is 37.6 Å². The lowest BCUT2D eigenvalue weighted by atomic mass is 10.1. The second kappa shape index (κ2) is 4.45. The molecule has 0 aromatic carbocycles. The Hall–Kier alpha value is -1.58. The predicted molar refractivity (Wildman–Crippen MR) is 55.9 cm³/mol. The van der Waals surface area contributed by atoms with Crippen LogP contribution in [-0.2, 0) is 0 Å². The molecule has 0 atom stereocenters. The van der Waals surface area contributed by atoms with Crippen LogP contribution in [0.25, 0.3) is 0 Å². The van der Waals surface area contributed by atoms with Crippen molar-refractivity contribution < 1.29 is 0 Å². The fourth-order valence-electron chi connectivity index (χ4n) is 0.954. The molecule has 0 fully saturated rings. The van der Waals surface area contributed by atoms with E-state index in [0.29, 0.717) is 0 Å². The zero-order valence-corrected chi connectivity index (χ0v) is 8.15. The highest BCUT2D eigenvalue weighted by molar-refractivity contribution is 6.18. The summed E-state index contributed by atoms with van der Waals surface area (Å²) in [5, 5.41) is 10.0. The number of hydrogen-bond donors (Lipinski definition) is 1. The summed E-state index contributed by atoms with van der Waals surface area (Å²) >= 11 is 0. The molecule has 13 heavy (non-hydrogen) atoms. The van der Waals surface area contributed by atoms with Gasteiger partial charge in [-0.1, -0.05) is 0 Å². The molecule has 0 bridgehead atoms. The molecular formula is C9H14N4. The Morgan fingerprint density at radius 2 is 1.62 bits per heavy atom. The Labute approximate surface area is 78.3 Å². The van der Waals surface area contributed by atoms with Gasteiger partial charge in [-0.3, -0.25) is 0 Å². The summed E-state index contributed by atoms with van der Waals surface area (Å²) in [5.41, 5.74) is 4.56. The molecule has 0 aromatic heterocycles. The molecule has 4 nitrogen and oxygen atoms in total. The van der Waals surface area contributed by atoms with Gasteiger partial charge in [0.2, 0.25) is 0 Å². The Morgan fingerprint density at radius 3 is 2.08 bits per heavy atom. The topological polar surface area (TPSA) is 40.0 Å². The van der Waals surface area contributed by atoms with Crippen LogP contribution in [0.2, 0.25) is 0 Å². The molecule has 0 aromatic rings. The predicted octanol–water partition coefficient (Wildman–Crippen LogP) is 0.605. The maximum absolute atomic E-state index is 4.23. The van der Waals surface area contributed by atoms with Crippen molar-refractivity contribution in [2.45, 2.75) is 0 Å². The average Bonchev–Trinajstić information content (AvgIpc) is 2.08. The normalized spacial score (nSPS) is 14.4. The second-order valence-electron chi connectivity index (χ2n) is 2.80. The molecule has 1 rings (SSSR count). The van der Waals surface area contributed by atoms with Gasteiger partial charge in [0, 0.05) is 21.1 Å². The fraction of sp³-hybridized carbons (Fsp3) is 0.333. The molecule has 0 radical (unpaired) electrons. The van der Waals surface area contributed by atoms with Crippen LogP contribution in [0.15, 0.2) is 34.5 Å². The highest BCUT2D eigenvalue weighted by Gasteiger charge is 1.98. The van der Waals surface area contributed by atoms with E-state index in [2.05, 4.69) is 15.6 Å². The van der Waals surface area contributed by atoms with Crippen molar-refractivity contribution in [2.24, 2.45) is 10.2 Å². The monoisotopic (exact) mass is 178 g/mol. The lowest BCUT2D eigenvalue weighted by Crippen LogP contribution is -2.09.